The Kier molecular flexibility index (Phi) is 4.69. The van der Waals surface area contributed by atoms with Gasteiger partial charge in [0.1, 0.15) is 0 Å². The van der Waals surface area contributed by atoms with Crippen LogP contribution in [0, 0.1) is 5.92 Å². The van der Waals surface area contributed by atoms with Crippen molar-refractivity contribution in [2.24, 2.45) is 5.92 Å². The van der Waals surface area contributed by atoms with Crippen molar-refractivity contribution in [1.82, 2.24) is 0 Å². The quantitative estimate of drug-likeness (QED) is 0.916. The van der Waals surface area contributed by atoms with E-state index in [1.807, 2.05) is 6.07 Å². The Morgan fingerprint density at radius 3 is 2.71 bits per heavy atom. The van der Waals surface area contributed by atoms with Gasteiger partial charge in [0.05, 0.1) is 6.10 Å². The summed E-state index contributed by atoms with van der Waals surface area (Å²) < 4.78 is 5.28. The van der Waals surface area contributed by atoms with E-state index >= 15 is 0 Å². The molecular weight excluding hydrogens is 259 g/mol. The average molecular weight is 275 g/mol. The lowest BCUT2D eigenvalue weighted by Gasteiger charge is -2.27. The fourth-order valence-electron chi connectivity index (χ4n) is 2.19. The highest BCUT2D eigenvalue weighted by Crippen LogP contribution is 2.26. The van der Waals surface area contributed by atoms with Crippen LogP contribution in [0.2, 0.25) is 10.0 Å². The first kappa shape index (κ1) is 13.2. The molecule has 0 bridgehead atoms. The van der Waals surface area contributed by atoms with E-state index in [-0.39, 0.29) is 6.10 Å². The molecule has 4 heteroatoms. The molecule has 0 spiro atoms. The third-order valence-corrected chi connectivity index (χ3v) is 3.85. The second kappa shape index (κ2) is 6.05. The van der Waals surface area contributed by atoms with Gasteiger partial charge in [0, 0.05) is 29.7 Å². The maximum atomic E-state index is 10.2. The molecule has 0 radical (unpaired) electrons. The largest absolute Gasteiger partial charge is 0.392 e. The van der Waals surface area contributed by atoms with Crippen LogP contribution < -0.4 is 0 Å². The second-order valence-corrected chi connectivity index (χ2v) is 5.30. The van der Waals surface area contributed by atoms with Gasteiger partial charge in [-0.1, -0.05) is 23.2 Å². The van der Waals surface area contributed by atoms with Crippen LogP contribution in [0.3, 0.4) is 0 Å². The van der Waals surface area contributed by atoms with Crippen LogP contribution in [0.15, 0.2) is 18.2 Å². The smallest absolute Gasteiger partial charge is 0.0610 e. The van der Waals surface area contributed by atoms with Gasteiger partial charge in [-0.15, -0.1) is 0 Å². The molecule has 1 aromatic rings. The van der Waals surface area contributed by atoms with Gasteiger partial charge in [-0.3, -0.25) is 0 Å². The number of hydrogen-bond acceptors (Lipinski definition) is 2. The molecular formula is C13H16Cl2O2. The van der Waals surface area contributed by atoms with E-state index in [1.54, 1.807) is 12.1 Å². The molecule has 1 atom stereocenters. The Morgan fingerprint density at radius 2 is 2.00 bits per heavy atom. The van der Waals surface area contributed by atoms with Gasteiger partial charge in [-0.2, -0.15) is 0 Å². The Morgan fingerprint density at radius 1 is 1.29 bits per heavy atom. The monoisotopic (exact) mass is 274 g/mol. The summed E-state index contributed by atoms with van der Waals surface area (Å²) in [6.45, 7) is 1.48. The van der Waals surface area contributed by atoms with Crippen LogP contribution in [0.5, 0.6) is 0 Å². The summed E-state index contributed by atoms with van der Waals surface area (Å²) in [5.41, 5.74) is 0.915. The fourth-order valence-corrected chi connectivity index (χ4v) is 2.58. The van der Waals surface area contributed by atoms with Gasteiger partial charge in [-0.05, 0) is 42.5 Å². The topological polar surface area (TPSA) is 29.5 Å². The average Bonchev–Trinajstić information content (AvgIpc) is 2.35. The molecule has 2 rings (SSSR count). The van der Waals surface area contributed by atoms with E-state index < -0.39 is 0 Å². The van der Waals surface area contributed by atoms with Gasteiger partial charge < -0.3 is 9.84 Å². The molecule has 94 valence electrons. The van der Waals surface area contributed by atoms with Crippen LogP contribution in [0.25, 0.3) is 0 Å². The molecule has 17 heavy (non-hydrogen) atoms. The molecule has 1 heterocycles. The Labute approximate surface area is 111 Å². The molecule has 1 fully saturated rings. The van der Waals surface area contributed by atoms with E-state index in [4.69, 9.17) is 27.9 Å². The first-order valence-corrected chi connectivity index (χ1v) is 6.62. The predicted octanol–water partition coefficient (Wildman–Crippen LogP) is 3.32. The highest BCUT2D eigenvalue weighted by molar-refractivity contribution is 6.33. The normalized spacial score (nSPS) is 19.2. The lowest BCUT2D eigenvalue weighted by Crippen LogP contribution is -2.29. The Balaban J connectivity index is 2.01. The van der Waals surface area contributed by atoms with Gasteiger partial charge in [0.15, 0.2) is 0 Å². The summed E-state index contributed by atoms with van der Waals surface area (Å²) >= 11 is 12.0. The first-order valence-electron chi connectivity index (χ1n) is 5.86. The van der Waals surface area contributed by atoms with Crippen LogP contribution in [-0.2, 0) is 11.2 Å². The van der Waals surface area contributed by atoms with E-state index in [2.05, 4.69) is 0 Å². The van der Waals surface area contributed by atoms with Crippen molar-refractivity contribution in [1.29, 1.82) is 0 Å². The molecule has 0 saturated carbocycles. The second-order valence-electron chi connectivity index (χ2n) is 4.46. The fraction of sp³-hybridized carbons (Fsp3) is 0.538. The van der Waals surface area contributed by atoms with Crippen molar-refractivity contribution < 1.29 is 9.84 Å². The third kappa shape index (κ3) is 3.59. The number of hydrogen-bond donors (Lipinski definition) is 1. The Bertz CT molecular complexity index is 376. The maximum Gasteiger partial charge on any atom is 0.0610 e. The van der Waals surface area contributed by atoms with E-state index in [0.29, 0.717) is 22.4 Å². The van der Waals surface area contributed by atoms with Crippen molar-refractivity contribution >= 4 is 23.2 Å². The zero-order valence-corrected chi connectivity index (χ0v) is 11.0. The molecule has 1 N–H and O–H groups in total. The van der Waals surface area contributed by atoms with Gasteiger partial charge in [0.25, 0.3) is 0 Å². The zero-order chi connectivity index (χ0) is 12.3. The molecule has 0 aliphatic carbocycles. The summed E-state index contributed by atoms with van der Waals surface area (Å²) in [5.74, 6) is 0.304. The predicted molar refractivity (Wildman–Crippen MR) is 69.7 cm³/mol. The molecule has 2 nitrogen and oxygen atoms in total. The summed E-state index contributed by atoms with van der Waals surface area (Å²) in [4.78, 5) is 0. The minimum atomic E-state index is -0.366. The molecule has 0 amide bonds. The lowest BCUT2D eigenvalue weighted by molar-refractivity contribution is 0.00840. The summed E-state index contributed by atoms with van der Waals surface area (Å²) in [7, 11) is 0. The van der Waals surface area contributed by atoms with Crippen molar-refractivity contribution in [2.75, 3.05) is 13.2 Å². The van der Waals surface area contributed by atoms with E-state index in [1.165, 1.54) is 0 Å². The van der Waals surface area contributed by atoms with Crippen LogP contribution in [-0.4, -0.2) is 24.4 Å². The number of rotatable bonds is 3. The van der Waals surface area contributed by atoms with Crippen molar-refractivity contribution in [3.8, 4) is 0 Å². The highest BCUT2D eigenvalue weighted by Gasteiger charge is 2.22. The first-order chi connectivity index (χ1) is 8.16. The van der Waals surface area contributed by atoms with E-state index in [9.17, 15) is 5.11 Å². The van der Waals surface area contributed by atoms with Gasteiger partial charge in [-0.25, -0.2) is 0 Å². The molecule has 1 aromatic carbocycles. The molecule has 0 aromatic heterocycles. The van der Waals surface area contributed by atoms with Crippen LogP contribution in [0.4, 0.5) is 0 Å². The minimum absolute atomic E-state index is 0.304. The lowest BCUT2D eigenvalue weighted by atomic mass is 9.90. The summed E-state index contributed by atoms with van der Waals surface area (Å²) in [6.07, 6.45) is 2.03. The summed E-state index contributed by atoms with van der Waals surface area (Å²) in [6, 6.07) is 5.36. The maximum absolute atomic E-state index is 10.2. The number of aliphatic hydroxyl groups is 1. The third-order valence-electron chi connectivity index (χ3n) is 3.25. The highest BCUT2D eigenvalue weighted by atomic mass is 35.5. The van der Waals surface area contributed by atoms with Crippen molar-refractivity contribution in [3.63, 3.8) is 0 Å². The Hall–Kier alpha value is -0.280. The van der Waals surface area contributed by atoms with Gasteiger partial charge in [0.2, 0.25) is 0 Å². The molecule has 1 aliphatic heterocycles. The molecule has 1 aliphatic rings. The molecule has 1 unspecified atom stereocenters. The minimum Gasteiger partial charge on any atom is -0.392 e. The zero-order valence-electron chi connectivity index (χ0n) is 9.53. The number of benzene rings is 1. The number of ether oxygens (including phenoxy) is 1. The number of halogens is 2. The van der Waals surface area contributed by atoms with Crippen molar-refractivity contribution in [2.45, 2.75) is 25.4 Å². The summed E-state index contributed by atoms with van der Waals surface area (Å²) in [5, 5.41) is 11.5. The standard InChI is InChI=1S/C13H16Cl2O2/c14-11-1-2-12(15)10(7-11)8-13(16)9-3-5-17-6-4-9/h1-2,7,9,13,16H,3-6,8H2. The van der Waals surface area contributed by atoms with Gasteiger partial charge >= 0.3 is 0 Å². The van der Waals surface area contributed by atoms with Crippen molar-refractivity contribution in [3.05, 3.63) is 33.8 Å². The van der Waals surface area contributed by atoms with Crippen LogP contribution >= 0.6 is 23.2 Å². The number of aliphatic hydroxyl groups excluding tert-OH is 1. The van der Waals surface area contributed by atoms with E-state index in [0.717, 1.165) is 31.6 Å². The van der Waals surface area contributed by atoms with Crippen LogP contribution in [0.1, 0.15) is 18.4 Å². The SMILES string of the molecule is OC(Cc1cc(Cl)ccc1Cl)C1CCOCC1. The molecule has 1 saturated heterocycles.